The second kappa shape index (κ2) is 29.7. The number of aromatic nitrogens is 2. The Kier molecular flexibility index (Phi) is 20.8. The molecule has 1 aliphatic carbocycles. The number of anilines is 3. The third kappa shape index (κ3) is 13.4. The summed E-state index contributed by atoms with van der Waals surface area (Å²) in [5.41, 5.74) is 14.3. The van der Waals surface area contributed by atoms with Crippen LogP contribution in [0.4, 0.5) is 17.1 Å². The SMILES string of the molecule is CCOCCOCCOc1ccc(-n2c3ccccc3c3cc(N(c4ccc5c(c4)C(CCOCCOCC)(CCOCCOCC)c4ccccc4-5)c4ccc5c(c4)c4ccccc4n5-c4ccc(OCCOCCOCC)cc4)ccc32)cc1. The monoisotopic (exact) mass is 1160 g/mol. The van der Waals surface area contributed by atoms with Gasteiger partial charge in [-0.25, -0.2) is 0 Å². The Morgan fingerprint density at radius 2 is 0.686 bits per heavy atom. The molecule has 10 aromatic rings. The number of fused-ring (bicyclic) bond motifs is 9. The lowest BCUT2D eigenvalue weighted by atomic mass is 9.73. The molecule has 0 spiro atoms. The summed E-state index contributed by atoms with van der Waals surface area (Å²) in [6.45, 7) is 18.1. The summed E-state index contributed by atoms with van der Waals surface area (Å²) in [6, 6.07) is 64.0. The minimum absolute atomic E-state index is 0.407. The molecule has 0 N–H and O–H groups in total. The van der Waals surface area contributed by atoms with Crippen molar-refractivity contribution in [1.29, 1.82) is 0 Å². The van der Waals surface area contributed by atoms with Crippen molar-refractivity contribution >= 4 is 60.7 Å². The highest BCUT2D eigenvalue weighted by molar-refractivity contribution is 6.12. The molecule has 1 aliphatic rings. The number of hydrogen-bond acceptors (Lipinski definition) is 11. The molecule has 86 heavy (non-hydrogen) atoms. The molecule has 2 heterocycles. The number of hydrogen-bond donors (Lipinski definition) is 0. The largest absolute Gasteiger partial charge is 0.491 e. The Labute approximate surface area is 505 Å². The normalized spacial score (nSPS) is 12.7. The van der Waals surface area contributed by atoms with Gasteiger partial charge in [0.25, 0.3) is 0 Å². The van der Waals surface area contributed by atoms with E-state index in [1.165, 1.54) is 22.3 Å². The van der Waals surface area contributed by atoms with Gasteiger partial charge in [0.1, 0.15) is 24.7 Å². The lowest BCUT2D eigenvalue weighted by Gasteiger charge is -2.34. The topological polar surface area (TPSA) is 105 Å². The van der Waals surface area contributed by atoms with E-state index in [0.29, 0.717) is 119 Å². The second-order valence-corrected chi connectivity index (χ2v) is 21.2. The first-order valence-electron chi connectivity index (χ1n) is 30.7. The molecule has 0 saturated carbocycles. The fraction of sp³-hybridized carbons (Fsp3) is 0.342. The van der Waals surface area contributed by atoms with Gasteiger partial charge in [0.05, 0.1) is 88.1 Å². The van der Waals surface area contributed by atoms with Crippen LogP contribution in [0, 0.1) is 0 Å². The van der Waals surface area contributed by atoms with E-state index in [1.54, 1.807) is 0 Å². The van der Waals surface area contributed by atoms with Gasteiger partial charge in [-0.2, -0.15) is 0 Å². The molecule has 0 amide bonds. The predicted molar refractivity (Wildman–Crippen MR) is 345 cm³/mol. The molecule has 0 radical (unpaired) electrons. The van der Waals surface area contributed by atoms with Crippen molar-refractivity contribution in [2.45, 2.75) is 46.0 Å². The van der Waals surface area contributed by atoms with Crippen LogP contribution in [-0.2, 0) is 43.3 Å². The van der Waals surface area contributed by atoms with E-state index >= 15 is 0 Å². The zero-order chi connectivity index (χ0) is 58.9. The molecular weight excluding hydrogens is 1080 g/mol. The maximum Gasteiger partial charge on any atom is 0.119 e. The smallest absolute Gasteiger partial charge is 0.119 e. The van der Waals surface area contributed by atoms with E-state index in [-0.39, 0.29) is 0 Å². The van der Waals surface area contributed by atoms with Gasteiger partial charge in [0, 0.05) is 95.0 Å². The number of rotatable bonds is 35. The van der Waals surface area contributed by atoms with Crippen LogP contribution in [-0.4, -0.2) is 128 Å². The molecule has 0 saturated heterocycles. The van der Waals surface area contributed by atoms with E-state index in [9.17, 15) is 0 Å². The molecular formula is C73H81N3O10. The standard InChI is InChI=1S/C73H81N3O10/c1-5-77-39-43-81-37-35-73(36-38-82-44-40-78-6-2)67-18-12-9-15-61(67)62-32-25-58(53-68(62)73)74(56-26-33-71-65(51-56)63-16-10-13-19-69(63)75(71)54-21-28-59(29-22-54)85-49-47-83-45-41-79-7-3)57-27-34-72-66(52-57)64-17-11-14-20-70(64)76(72)55-23-30-60(31-24-55)86-50-48-84-46-42-80-8-4/h9-34,51-53H,5-8,35-50H2,1-4H3. The Morgan fingerprint density at radius 1 is 0.314 bits per heavy atom. The third-order valence-electron chi connectivity index (χ3n) is 16.2. The summed E-state index contributed by atoms with van der Waals surface area (Å²) in [6.07, 6.45) is 1.54. The van der Waals surface area contributed by atoms with Crippen LogP contribution >= 0.6 is 0 Å². The van der Waals surface area contributed by atoms with Crippen LogP contribution in [0.5, 0.6) is 11.5 Å². The van der Waals surface area contributed by atoms with Crippen molar-refractivity contribution in [3.8, 4) is 34.0 Å². The Balaban J connectivity index is 1.01. The first kappa shape index (κ1) is 60.1. The van der Waals surface area contributed by atoms with Gasteiger partial charge in [-0.05, 0) is 172 Å². The maximum atomic E-state index is 6.40. The van der Waals surface area contributed by atoms with Crippen LogP contribution < -0.4 is 14.4 Å². The molecule has 448 valence electrons. The maximum absolute atomic E-state index is 6.40. The highest BCUT2D eigenvalue weighted by Crippen LogP contribution is 2.55. The Hall–Kier alpha value is -7.56. The van der Waals surface area contributed by atoms with E-state index in [2.05, 4.69) is 166 Å². The molecule has 0 fully saturated rings. The van der Waals surface area contributed by atoms with Crippen molar-refractivity contribution in [3.05, 3.63) is 187 Å². The lowest BCUT2D eigenvalue weighted by molar-refractivity contribution is 0.0356. The van der Waals surface area contributed by atoms with Gasteiger partial charge in [-0.15, -0.1) is 0 Å². The molecule has 13 heteroatoms. The molecule has 13 nitrogen and oxygen atoms in total. The Bertz CT molecular complexity index is 3580. The quantitative estimate of drug-likeness (QED) is 0.0355. The van der Waals surface area contributed by atoms with Crippen molar-refractivity contribution in [2.24, 2.45) is 0 Å². The van der Waals surface area contributed by atoms with Crippen LogP contribution in [0.3, 0.4) is 0 Å². The average Bonchev–Trinajstić information content (AvgIpc) is 1.67. The van der Waals surface area contributed by atoms with Crippen molar-refractivity contribution in [3.63, 3.8) is 0 Å². The van der Waals surface area contributed by atoms with Crippen molar-refractivity contribution < 1.29 is 47.4 Å². The summed E-state index contributed by atoms with van der Waals surface area (Å²) in [5, 5.41) is 4.60. The molecule has 11 rings (SSSR count). The third-order valence-corrected chi connectivity index (χ3v) is 16.2. The highest BCUT2D eigenvalue weighted by Gasteiger charge is 2.43. The lowest BCUT2D eigenvalue weighted by Crippen LogP contribution is -2.30. The van der Waals surface area contributed by atoms with Crippen molar-refractivity contribution in [1.82, 2.24) is 9.13 Å². The highest BCUT2D eigenvalue weighted by atomic mass is 16.6. The average molecular weight is 1160 g/mol. The van der Waals surface area contributed by atoms with Gasteiger partial charge >= 0.3 is 0 Å². The molecule has 0 atom stereocenters. The van der Waals surface area contributed by atoms with Gasteiger partial charge in [-0.3, -0.25) is 0 Å². The van der Waals surface area contributed by atoms with Crippen molar-refractivity contribution in [2.75, 3.05) is 124 Å². The zero-order valence-corrected chi connectivity index (χ0v) is 50.3. The minimum Gasteiger partial charge on any atom is -0.491 e. The summed E-state index contributed by atoms with van der Waals surface area (Å²) in [5.74, 6) is 1.58. The predicted octanol–water partition coefficient (Wildman–Crippen LogP) is 15.4. The summed E-state index contributed by atoms with van der Waals surface area (Å²) >= 11 is 0. The second-order valence-electron chi connectivity index (χ2n) is 21.2. The number of benzene rings is 8. The van der Waals surface area contributed by atoms with E-state index < -0.39 is 5.41 Å². The van der Waals surface area contributed by atoms with E-state index in [4.69, 9.17) is 47.4 Å². The van der Waals surface area contributed by atoms with Crippen LogP contribution in [0.2, 0.25) is 0 Å². The van der Waals surface area contributed by atoms with Gasteiger partial charge in [0.2, 0.25) is 0 Å². The molecule has 0 unspecified atom stereocenters. The zero-order valence-electron chi connectivity index (χ0n) is 50.3. The van der Waals surface area contributed by atoms with Gasteiger partial charge < -0.3 is 61.4 Å². The summed E-state index contributed by atoms with van der Waals surface area (Å²) in [4.78, 5) is 2.45. The fourth-order valence-electron chi connectivity index (χ4n) is 12.2. The summed E-state index contributed by atoms with van der Waals surface area (Å²) in [7, 11) is 0. The molecule has 8 aromatic carbocycles. The number of ether oxygens (including phenoxy) is 10. The van der Waals surface area contributed by atoms with E-state index in [0.717, 1.165) is 96.4 Å². The van der Waals surface area contributed by atoms with E-state index in [1.807, 2.05) is 52.0 Å². The number of para-hydroxylation sites is 2. The molecule has 0 aliphatic heterocycles. The Morgan fingerprint density at radius 3 is 1.16 bits per heavy atom. The van der Waals surface area contributed by atoms with Crippen LogP contribution in [0.1, 0.15) is 51.7 Å². The van der Waals surface area contributed by atoms with Gasteiger partial charge in [0.15, 0.2) is 0 Å². The first-order chi connectivity index (χ1) is 42.5. The van der Waals surface area contributed by atoms with Gasteiger partial charge in [-0.1, -0.05) is 66.7 Å². The molecule has 0 bridgehead atoms. The van der Waals surface area contributed by atoms with Crippen LogP contribution in [0.15, 0.2) is 176 Å². The molecule has 2 aromatic heterocycles. The number of nitrogens with zero attached hydrogens (tertiary/aromatic N) is 3. The summed E-state index contributed by atoms with van der Waals surface area (Å²) < 4.78 is 63.4. The fourth-order valence-corrected chi connectivity index (χ4v) is 12.2. The minimum atomic E-state index is -0.407. The first-order valence-corrected chi connectivity index (χ1v) is 30.7. The van der Waals surface area contributed by atoms with Crippen LogP contribution in [0.25, 0.3) is 66.1 Å².